The third-order valence-corrected chi connectivity index (χ3v) is 4.81. The molecule has 2 heterocycles. The highest BCUT2D eigenvalue weighted by Crippen LogP contribution is 2.52. The van der Waals surface area contributed by atoms with Gasteiger partial charge in [0.1, 0.15) is 6.10 Å². The van der Waals surface area contributed by atoms with Crippen LogP contribution in [0.2, 0.25) is 0 Å². The number of hydrogen-bond acceptors (Lipinski definition) is 5. The maximum Gasteiger partial charge on any atom is 0.321 e. The molecular weight excluding hydrogens is 272 g/mol. The van der Waals surface area contributed by atoms with E-state index >= 15 is 0 Å². The molecule has 21 heavy (non-hydrogen) atoms. The molecule has 1 aliphatic heterocycles. The highest BCUT2D eigenvalue weighted by molar-refractivity contribution is 5.95. The van der Waals surface area contributed by atoms with E-state index in [0.717, 1.165) is 11.4 Å². The molecular formula is C14H18N4O3. The Morgan fingerprint density at radius 3 is 3.10 bits per heavy atom. The van der Waals surface area contributed by atoms with Gasteiger partial charge < -0.3 is 14.7 Å². The lowest BCUT2D eigenvalue weighted by Crippen LogP contribution is -2.38. The van der Waals surface area contributed by atoms with Crippen molar-refractivity contribution in [3.8, 4) is 0 Å². The molecule has 7 heteroatoms. The highest BCUT2D eigenvalue weighted by Gasteiger charge is 2.54. The van der Waals surface area contributed by atoms with E-state index in [1.54, 1.807) is 13.0 Å². The number of fused-ring (bicyclic) bond motifs is 5. The molecule has 1 aromatic rings. The normalized spacial score (nSPS) is 32.5. The second-order valence-electron chi connectivity index (χ2n) is 6.15. The number of carbonyl (C=O) groups excluding carboxylic acids is 1. The summed E-state index contributed by atoms with van der Waals surface area (Å²) in [6.45, 7) is 2.22. The van der Waals surface area contributed by atoms with E-state index in [1.165, 1.54) is 19.3 Å². The average molecular weight is 290 g/mol. The van der Waals surface area contributed by atoms with Gasteiger partial charge in [0.05, 0.1) is 18.0 Å². The molecule has 0 unspecified atom stereocenters. The third-order valence-electron chi connectivity index (χ3n) is 4.81. The van der Waals surface area contributed by atoms with Crippen molar-refractivity contribution in [1.82, 2.24) is 10.5 Å². The van der Waals surface area contributed by atoms with Crippen LogP contribution in [0.1, 0.15) is 25.0 Å². The van der Waals surface area contributed by atoms with E-state index in [9.17, 15) is 4.79 Å². The molecule has 0 spiro atoms. The summed E-state index contributed by atoms with van der Waals surface area (Å²) in [6.07, 6.45) is 4.02. The maximum atomic E-state index is 11.8. The summed E-state index contributed by atoms with van der Waals surface area (Å²) in [5.41, 5.74) is 1.69. The van der Waals surface area contributed by atoms with Crippen molar-refractivity contribution < 1.29 is 14.2 Å². The van der Waals surface area contributed by atoms with Gasteiger partial charge in [-0.25, -0.2) is 4.79 Å². The lowest BCUT2D eigenvalue weighted by Gasteiger charge is -2.23. The minimum Gasteiger partial charge on any atom is -0.391 e. The quantitative estimate of drug-likeness (QED) is 0.890. The van der Waals surface area contributed by atoms with Crippen molar-refractivity contribution in [2.75, 3.05) is 11.9 Å². The molecule has 2 fully saturated rings. The van der Waals surface area contributed by atoms with Gasteiger partial charge >= 0.3 is 6.03 Å². The predicted molar refractivity (Wildman–Crippen MR) is 74.9 cm³/mol. The molecule has 0 aromatic carbocycles. The number of aromatic nitrogens is 1. The molecule has 4 atom stereocenters. The number of carbonyl (C=O) groups is 1. The van der Waals surface area contributed by atoms with Gasteiger partial charge in [0, 0.05) is 12.0 Å². The number of rotatable bonds is 3. The van der Waals surface area contributed by atoms with E-state index < -0.39 is 0 Å². The van der Waals surface area contributed by atoms with Crippen LogP contribution in [0.4, 0.5) is 10.7 Å². The van der Waals surface area contributed by atoms with E-state index in [-0.39, 0.29) is 12.1 Å². The lowest BCUT2D eigenvalue weighted by molar-refractivity contribution is 0.0275. The number of hydrogen-bond donors (Lipinski definition) is 2. The lowest BCUT2D eigenvalue weighted by atomic mass is 9.83. The largest absolute Gasteiger partial charge is 0.391 e. The van der Waals surface area contributed by atoms with Gasteiger partial charge in [0.2, 0.25) is 5.88 Å². The molecule has 2 bridgehead atoms. The molecule has 2 amide bonds. The van der Waals surface area contributed by atoms with Gasteiger partial charge in [-0.15, -0.1) is 0 Å². The Balaban J connectivity index is 1.32. The summed E-state index contributed by atoms with van der Waals surface area (Å²) < 4.78 is 4.94. The molecule has 0 radical (unpaired) electrons. The zero-order chi connectivity index (χ0) is 14.4. The zero-order valence-corrected chi connectivity index (χ0v) is 11.8. The first-order valence-corrected chi connectivity index (χ1v) is 7.41. The first kappa shape index (κ1) is 12.7. The molecule has 112 valence electrons. The van der Waals surface area contributed by atoms with E-state index in [0.29, 0.717) is 30.2 Å². The summed E-state index contributed by atoms with van der Waals surface area (Å²) in [6, 6.07) is 1.35. The maximum absolute atomic E-state index is 11.8. The number of aryl methyl sites for hydroxylation is 1. The van der Waals surface area contributed by atoms with E-state index in [1.807, 2.05) is 0 Å². The van der Waals surface area contributed by atoms with Crippen molar-refractivity contribution in [3.05, 3.63) is 11.8 Å². The Morgan fingerprint density at radius 1 is 1.43 bits per heavy atom. The second kappa shape index (κ2) is 4.75. The molecule has 2 N–H and O–H groups in total. The van der Waals surface area contributed by atoms with Crippen LogP contribution in [0, 0.1) is 24.7 Å². The Hall–Kier alpha value is -2.05. The Bertz CT molecular complexity index is 597. The van der Waals surface area contributed by atoms with Crippen molar-refractivity contribution in [3.63, 3.8) is 0 Å². The predicted octanol–water partition coefficient (Wildman–Crippen LogP) is 1.91. The molecule has 0 saturated heterocycles. The van der Waals surface area contributed by atoms with E-state index in [4.69, 9.17) is 9.36 Å². The Morgan fingerprint density at radius 2 is 2.29 bits per heavy atom. The average Bonchev–Trinajstić information content (AvgIpc) is 3.18. The smallest absolute Gasteiger partial charge is 0.321 e. The summed E-state index contributed by atoms with van der Waals surface area (Å²) in [7, 11) is 0. The summed E-state index contributed by atoms with van der Waals surface area (Å²) in [5.74, 6) is 2.08. The van der Waals surface area contributed by atoms with Crippen molar-refractivity contribution in [2.45, 2.75) is 32.3 Å². The molecule has 7 nitrogen and oxygen atoms in total. The monoisotopic (exact) mass is 290 g/mol. The number of nitrogens with one attached hydrogen (secondary N) is 2. The molecule has 2 aliphatic carbocycles. The van der Waals surface area contributed by atoms with Crippen molar-refractivity contribution in [1.29, 1.82) is 0 Å². The summed E-state index contributed by atoms with van der Waals surface area (Å²) in [4.78, 5) is 17.4. The minimum absolute atomic E-state index is 0.250. The van der Waals surface area contributed by atoms with Gasteiger partial charge in [0.25, 0.3) is 0 Å². The minimum atomic E-state index is -0.319. The third kappa shape index (κ3) is 2.16. The fourth-order valence-electron chi connectivity index (χ4n) is 3.94. The first-order valence-electron chi connectivity index (χ1n) is 7.41. The number of oxime groups is 1. The van der Waals surface area contributed by atoms with Gasteiger partial charge in [-0.05, 0) is 38.0 Å². The van der Waals surface area contributed by atoms with Gasteiger partial charge in [-0.1, -0.05) is 10.3 Å². The van der Waals surface area contributed by atoms with Crippen LogP contribution in [0.5, 0.6) is 0 Å². The topological polar surface area (TPSA) is 88.8 Å². The number of nitrogens with zero attached hydrogens (tertiary/aromatic N) is 2. The fraction of sp³-hybridized carbons (Fsp3) is 0.643. The van der Waals surface area contributed by atoms with Crippen LogP contribution < -0.4 is 10.6 Å². The van der Waals surface area contributed by atoms with Crippen molar-refractivity contribution >= 4 is 17.6 Å². The molecule has 3 aliphatic rings. The Labute approximate surface area is 122 Å². The van der Waals surface area contributed by atoms with Gasteiger partial charge in [-0.2, -0.15) is 0 Å². The number of amides is 2. The second-order valence-corrected chi connectivity index (χ2v) is 6.15. The summed E-state index contributed by atoms with van der Waals surface area (Å²) in [5, 5.41) is 13.3. The highest BCUT2D eigenvalue weighted by atomic mass is 16.6. The number of anilines is 1. The fourth-order valence-corrected chi connectivity index (χ4v) is 3.94. The van der Waals surface area contributed by atoms with Gasteiger partial charge in [0.15, 0.2) is 0 Å². The standard InChI is InChI=1S/C14H18N4O3/c1-7-4-11(20-17-7)16-14(19)15-6-10-12-8-2-3-9(5-8)13(12)21-18-10/h4,8-9,12-13H,2-3,5-6H2,1H3,(H2,15,16,19)/t8-,9+,12-,13-/m1/s1. The van der Waals surface area contributed by atoms with Crippen LogP contribution >= 0.6 is 0 Å². The van der Waals surface area contributed by atoms with Crippen LogP contribution in [-0.2, 0) is 4.84 Å². The van der Waals surface area contributed by atoms with Crippen LogP contribution in [0.3, 0.4) is 0 Å². The molecule has 4 rings (SSSR count). The van der Waals surface area contributed by atoms with Crippen molar-refractivity contribution in [2.24, 2.45) is 22.9 Å². The molecule has 2 saturated carbocycles. The summed E-state index contributed by atoms with van der Waals surface area (Å²) >= 11 is 0. The zero-order valence-electron chi connectivity index (χ0n) is 11.8. The first-order chi connectivity index (χ1) is 10.2. The van der Waals surface area contributed by atoms with Crippen LogP contribution in [0.25, 0.3) is 0 Å². The SMILES string of the molecule is Cc1cc(NC(=O)NCC2=NO[C@@H]3[C@H]4CC[C@H](C4)[C@H]23)on1. The number of urea groups is 1. The van der Waals surface area contributed by atoms with Gasteiger partial charge in [-0.3, -0.25) is 5.32 Å². The Kier molecular flexibility index (Phi) is 2.87. The molecule has 1 aromatic heterocycles. The van der Waals surface area contributed by atoms with E-state index in [2.05, 4.69) is 20.9 Å². The van der Waals surface area contributed by atoms with Crippen LogP contribution in [-0.4, -0.2) is 29.5 Å². The van der Waals surface area contributed by atoms with Crippen LogP contribution in [0.15, 0.2) is 15.7 Å².